The van der Waals surface area contributed by atoms with Crippen LogP contribution >= 0.6 is 0 Å². The van der Waals surface area contributed by atoms with Gasteiger partial charge < -0.3 is 19.5 Å². The SMILES string of the molecule is CCC(=O)C1=C(O)C(=O)N(CCCOC(C)C)C1c1ccc(OC)cc1. The summed E-state index contributed by atoms with van der Waals surface area (Å²) >= 11 is 0. The van der Waals surface area contributed by atoms with Gasteiger partial charge in [0.05, 0.1) is 24.8 Å². The van der Waals surface area contributed by atoms with E-state index >= 15 is 0 Å². The number of hydrogen-bond donors (Lipinski definition) is 1. The van der Waals surface area contributed by atoms with Crippen molar-refractivity contribution < 1.29 is 24.2 Å². The van der Waals surface area contributed by atoms with E-state index in [-0.39, 0.29) is 23.9 Å². The van der Waals surface area contributed by atoms with E-state index in [1.54, 1.807) is 31.1 Å². The van der Waals surface area contributed by atoms with Crippen LogP contribution in [0.25, 0.3) is 0 Å². The van der Waals surface area contributed by atoms with E-state index in [1.807, 2.05) is 26.0 Å². The summed E-state index contributed by atoms with van der Waals surface area (Å²) in [6.45, 7) is 6.53. The summed E-state index contributed by atoms with van der Waals surface area (Å²) in [4.78, 5) is 26.5. The maximum Gasteiger partial charge on any atom is 0.290 e. The Morgan fingerprint density at radius 1 is 1.27 bits per heavy atom. The minimum absolute atomic E-state index is 0.116. The first-order chi connectivity index (χ1) is 12.4. The molecule has 1 aromatic rings. The molecule has 1 aromatic carbocycles. The van der Waals surface area contributed by atoms with Gasteiger partial charge in [0.1, 0.15) is 5.75 Å². The number of carbonyl (C=O) groups excluding carboxylic acids is 2. The average molecular weight is 361 g/mol. The molecule has 1 aliphatic heterocycles. The molecule has 1 amide bonds. The maximum absolute atomic E-state index is 12.6. The van der Waals surface area contributed by atoms with Crippen LogP contribution in [0.1, 0.15) is 45.2 Å². The molecule has 2 rings (SSSR count). The Morgan fingerprint density at radius 3 is 2.46 bits per heavy atom. The zero-order chi connectivity index (χ0) is 19.3. The third-order valence-electron chi connectivity index (χ3n) is 4.35. The second kappa shape index (κ2) is 8.85. The van der Waals surface area contributed by atoms with E-state index in [9.17, 15) is 14.7 Å². The molecular weight excluding hydrogens is 334 g/mol. The van der Waals surface area contributed by atoms with Crippen LogP contribution < -0.4 is 4.74 Å². The van der Waals surface area contributed by atoms with Crippen molar-refractivity contribution in [2.24, 2.45) is 0 Å². The molecule has 0 saturated heterocycles. The fourth-order valence-corrected chi connectivity index (χ4v) is 3.05. The van der Waals surface area contributed by atoms with Crippen molar-refractivity contribution in [3.05, 3.63) is 41.2 Å². The summed E-state index contributed by atoms with van der Waals surface area (Å²) in [6, 6.07) is 6.61. The summed E-state index contributed by atoms with van der Waals surface area (Å²) in [5.74, 6) is -0.487. The molecule has 0 radical (unpaired) electrons. The third kappa shape index (κ3) is 4.25. The number of amides is 1. The van der Waals surface area contributed by atoms with Crippen LogP contribution in [0.15, 0.2) is 35.6 Å². The standard InChI is InChI=1S/C20H27NO5/c1-5-16(22)17-18(14-7-9-15(25-4)10-8-14)21(20(24)19(17)23)11-6-12-26-13(2)3/h7-10,13,18,23H,5-6,11-12H2,1-4H3. The van der Waals surface area contributed by atoms with Gasteiger partial charge in [-0.25, -0.2) is 0 Å². The summed E-state index contributed by atoms with van der Waals surface area (Å²) in [5, 5.41) is 10.3. The smallest absolute Gasteiger partial charge is 0.290 e. The molecule has 6 heteroatoms. The molecule has 1 heterocycles. The van der Waals surface area contributed by atoms with Crippen molar-refractivity contribution in [3.8, 4) is 5.75 Å². The molecule has 0 aromatic heterocycles. The van der Waals surface area contributed by atoms with Gasteiger partial charge in [0.25, 0.3) is 5.91 Å². The highest BCUT2D eigenvalue weighted by molar-refractivity contribution is 6.08. The first-order valence-electron chi connectivity index (χ1n) is 8.93. The molecule has 0 spiro atoms. The van der Waals surface area contributed by atoms with Crippen LogP contribution in [0.5, 0.6) is 5.75 Å². The highest BCUT2D eigenvalue weighted by Gasteiger charge is 2.42. The summed E-state index contributed by atoms with van der Waals surface area (Å²) < 4.78 is 10.7. The van der Waals surface area contributed by atoms with Crippen LogP contribution in [-0.4, -0.2) is 48.1 Å². The van der Waals surface area contributed by atoms with Crippen LogP contribution in [0, 0.1) is 0 Å². The van der Waals surface area contributed by atoms with E-state index in [0.717, 1.165) is 5.56 Å². The molecule has 0 fully saturated rings. The lowest BCUT2D eigenvalue weighted by Crippen LogP contribution is -2.32. The van der Waals surface area contributed by atoms with Gasteiger partial charge in [-0.05, 0) is 38.0 Å². The summed E-state index contributed by atoms with van der Waals surface area (Å²) in [7, 11) is 1.58. The third-order valence-corrected chi connectivity index (χ3v) is 4.35. The fraction of sp³-hybridized carbons (Fsp3) is 0.500. The number of aliphatic hydroxyl groups is 1. The number of benzene rings is 1. The van der Waals surface area contributed by atoms with Crippen molar-refractivity contribution in [2.75, 3.05) is 20.3 Å². The molecule has 0 aliphatic carbocycles. The lowest BCUT2D eigenvalue weighted by molar-refractivity contribution is -0.129. The number of carbonyl (C=O) groups is 2. The molecule has 6 nitrogen and oxygen atoms in total. The van der Waals surface area contributed by atoms with Crippen molar-refractivity contribution in [2.45, 2.75) is 45.8 Å². The molecular formula is C20H27NO5. The minimum Gasteiger partial charge on any atom is -0.503 e. The molecule has 1 unspecified atom stereocenters. The monoisotopic (exact) mass is 361 g/mol. The van der Waals surface area contributed by atoms with Crippen LogP contribution in [-0.2, 0) is 14.3 Å². The Bertz CT molecular complexity index is 678. The van der Waals surface area contributed by atoms with E-state index in [4.69, 9.17) is 9.47 Å². The molecule has 142 valence electrons. The Kier molecular flexibility index (Phi) is 6.80. The van der Waals surface area contributed by atoms with Crippen LogP contribution in [0.2, 0.25) is 0 Å². The molecule has 0 bridgehead atoms. The van der Waals surface area contributed by atoms with E-state index < -0.39 is 17.7 Å². The highest BCUT2D eigenvalue weighted by Crippen LogP contribution is 2.38. The number of nitrogens with zero attached hydrogens (tertiary/aromatic N) is 1. The largest absolute Gasteiger partial charge is 0.503 e. The van der Waals surface area contributed by atoms with Gasteiger partial charge in [0, 0.05) is 19.6 Å². The van der Waals surface area contributed by atoms with Crippen molar-refractivity contribution in [1.29, 1.82) is 0 Å². The number of rotatable bonds is 9. The Labute approximate surface area is 154 Å². The quantitative estimate of drug-likeness (QED) is 0.684. The van der Waals surface area contributed by atoms with Crippen molar-refractivity contribution >= 4 is 11.7 Å². The van der Waals surface area contributed by atoms with Crippen molar-refractivity contribution in [3.63, 3.8) is 0 Å². The number of methoxy groups -OCH3 is 1. The predicted octanol–water partition coefficient (Wildman–Crippen LogP) is 3.18. The predicted molar refractivity (Wildman–Crippen MR) is 98.1 cm³/mol. The molecule has 1 aliphatic rings. The number of Topliss-reactive ketones (excluding diaryl/α,β-unsaturated/α-hetero) is 1. The lowest BCUT2D eigenvalue weighted by Gasteiger charge is -2.27. The average Bonchev–Trinajstić information content (AvgIpc) is 2.89. The van der Waals surface area contributed by atoms with E-state index in [0.29, 0.717) is 25.3 Å². The maximum atomic E-state index is 12.6. The molecule has 0 saturated carbocycles. The number of aliphatic hydroxyl groups excluding tert-OH is 1. The zero-order valence-corrected chi connectivity index (χ0v) is 15.8. The first-order valence-corrected chi connectivity index (χ1v) is 8.93. The van der Waals surface area contributed by atoms with Gasteiger partial charge in [-0.1, -0.05) is 19.1 Å². The fourth-order valence-electron chi connectivity index (χ4n) is 3.05. The van der Waals surface area contributed by atoms with Crippen LogP contribution in [0.4, 0.5) is 0 Å². The number of hydrogen-bond acceptors (Lipinski definition) is 5. The van der Waals surface area contributed by atoms with E-state index in [1.165, 1.54) is 0 Å². The van der Waals surface area contributed by atoms with E-state index in [2.05, 4.69) is 0 Å². The van der Waals surface area contributed by atoms with Gasteiger partial charge >= 0.3 is 0 Å². The second-order valence-electron chi connectivity index (χ2n) is 6.49. The Hall–Kier alpha value is -2.34. The van der Waals surface area contributed by atoms with Gasteiger partial charge in [-0.15, -0.1) is 0 Å². The topological polar surface area (TPSA) is 76.1 Å². The normalized spacial score (nSPS) is 17.3. The van der Waals surface area contributed by atoms with Crippen LogP contribution in [0.3, 0.4) is 0 Å². The first kappa shape index (κ1) is 20.0. The Balaban J connectivity index is 2.30. The minimum atomic E-state index is -0.583. The number of ether oxygens (including phenoxy) is 2. The summed E-state index contributed by atoms with van der Waals surface area (Å²) in [6.07, 6.45) is 0.964. The molecule has 1 N–H and O–H groups in total. The number of ketones is 1. The van der Waals surface area contributed by atoms with Gasteiger partial charge in [0.15, 0.2) is 11.5 Å². The zero-order valence-electron chi connectivity index (χ0n) is 15.8. The summed E-state index contributed by atoms with van der Waals surface area (Å²) in [5.41, 5.74) is 0.942. The van der Waals surface area contributed by atoms with Gasteiger partial charge in [-0.3, -0.25) is 9.59 Å². The van der Waals surface area contributed by atoms with Gasteiger partial charge in [0.2, 0.25) is 0 Å². The molecule has 1 atom stereocenters. The van der Waals surface area contributed by atoms with Gasteiger partial charge in [-0.2, -0.15) is 0 Å². The Morgan fingerprint density at radius 2 is 1.92 bits per heavy atom. The lowest BCUT2D eigenvalue weighted by atomic mass is 9.95. The van der Waals surface area contributed by atoms with Crippen molar-refractivity contribution in [1.82, 2.24) is 4.90 Å². The second-order valence-corrected chi connectivity index (χ2v) is 6.49. The molecule has 26 heavy (non-hydrogen) atoms. The highest BCUT2D eigenvalue weighted by atomic mass is 16.5.